The maximum absolute atomic E-state index is 11.4. The minimum atomic E-state index is -0.409. The van der Waals surface area contributed by atoms with Crippen molar-refractivity contribution < 1.29 is 9.59 Å². The van der Waals surface area contributed by atoms with E-state index < -0.39 is 5.54 Å². The Bertz CT molecular complexity index is 370. The number of aliphatic imine (C=N–C) groups is 1. The predicted molar refractivity (Wildman–Crippen MR) is 63.7 cm³/mol. The second-order valence-corrected chi connectivity index (χ2v) is 4.88. The topological polar surface area (TPSA) is 73.8 Å². The number of amidine groups is 1. The van der Waals surface area contributed by atoms with Gasteiger partial charge < -0.3 is 10.6 Å². The zero-order valence-electron chi connectivity index (χ0n) is 10.2. The van der Waals surface area contributed by atoms with E-state index in [2.05, 4.69) is 20.5 Å². The highest BCUT2D eigenvalue weighted by Crippen LogP contribution is 2.18. The van der Waals surface area contributed by atoms with Crippen LogP contribution in [-0.2, 0) is 9.59 Å². The molecule has 0 aromatic rings. The zero-order valence-corrected chi connectivity index (χ0v) is 10.2. The largest absolute Gasteiger partial charge is 0.314 e. The van der Waals surface area contributed by atoms with Crippen LogP contribution in [0.5, 0.6) is 0 Å². The average molecular weight is 238 g/mol. The van der Waals surface area contributed by atoms with Crippen molar-refractivity contribution in [1.82, 2.24) is 15.5 Å². The molecule has 0 radical (unpaired) electrons. The van der Waals surface area contributed by atoms with Crippen LogP contribution in [0.4, 0.5) is 0 Å². The van der Waals surface area contributed by atoms with Gasteiger partial charge in [-0.05, 0) is 13.8 Å². The molecule has 2 heterocycles. The third-order valence-corrected chi connectivity index (χ3v) is 3.29. The molecule has 6 nitrogen and oxygen atoms in total. The summed E-state index contributed by atoms with van der Waals surface area (Å²) in [5, 5.41) is 5.98. The quantitative estimate of drug-likeness (QED) is 0.612. The lowest BCUT2D eigenvalue weighted by Gasteiger charge is -2.42. The Balaban J connectivity index is 2.18. The van der Waals surface area contributed by atoms with Gasteiger partial charge in [0.2, 0.25) is 5.91 Å². The number of nitrogens with one attached hydrogen (secondary N) is 2. The van der Waals surface area contributed by atoms with Gasteiger partial charge in [-0.15, -0.1) is 0 Å². The summed E-state index contributed by atoms with van der Waals surface area (Å²) in [5.74, 6) is -0.143. The second-order valence-electron chi connectivity index (χ2n) is 4.88. The minimum absolute atomic E-state index is 0.138. The highest BCUT2D eigenvalue weighted by Gasteiger charge is 2.36. The van der Waals surface area contributed by atoms with E-state index >= 15 is 0 Å². The molecule has 0 unspecified atom stereocenters. The van der Waals surface area contributed by atoms with Gasteiger partial charge in [0.25, 0.3) is 5.91 Å². The summed E-state index contributed by atoms with van der Waals surface area (Å²) < 4.78 is 0. The fraction of sp³-hybridized carbons (Fsp3) is 0.727. The second kappa shape index (κ2) is 4.54. The number of piperazine rings is 1. The monoisotopic (exact) mass is 238 g/mol. The van der Waals surface area contributed by atoms with Crippen molar-refractivity contribution in [3.05, 3.63) is 0 Å². The molecule has 94 valence electrons. The average Bonchev–Trinajstić information content (AvgIpc) is 2.29. The van der Waals surface area contributed by atoms with E-state index in [1.54, 1.807) is 0 Å². The Hall–Kier alpha value is -1.27. The van der Waals surface area contributed by atoms with E-state index in [9.17, 15) is 9.59 Å². The van der Waals surface area contributed by atoms with Gasteiger partial charge in [0.05, 0.1) is 5.54 Å². The van der Waals surface area contributed by atoms with E-state index in [-0.39, 0.29) is 18.2 Å². The lowest BCUT2D eigenvalue weighted by molar-refractivity contribution is -0.127. The first-order valence-electron chi connectivity index (χ1n) is 5.88. The minimum Gasteiger partial charge on any atom is -0.314 e. The van der Waals surface area contributed by atoms with E-state index in [0.717, 1.165) is 26.2 Å². The number of carbonyl (C=O) groups excluding carboxylic acids is 2. The summed E-state index contributed by atoms with van der Waals surface area (Å²) in [6.07, 6.45) is -0.138. The molecule has 2 aliphatic rings. The summed E-state index contributed by atoms with van der Waals surface area (Å²) >= 11 is 0. The molecule has 2 rings (SSSR count). The summed E-state index contributed by atoms with van der Waals surface area (Å²) in [5.41, 5.74) is -0.409. The van der Waals surface area contributed by atoms with Crippen molar-refractivity contribution in [1.29, 1.82) is 0 Å². The van der Waals surface area contributed by atoms with Crippen molar-refractivity contribution in [2.45, 2.75) is 25.8 Å². The van der Waals surface area contributed by atoms with Gasteiger partial charge in [0.1, 0.15) is 12.3 Å². The molecule has 2 aliphatic heterocycles. The van der Waals surface area contributed by atoms with Gasteiger partial charge >= 0.3 is 0 Å². The molecular weight excluding hydrogens is 220 g/mol. The first-order chi connectivity index (χ1) is 8.00. The molecule has 0 spiro atoms. The number of hydrogen-bond acceptors (Lipinski definition) is 4. The molecule has 0 aromatic carbocycles. The predicted octanol–water partition coefficient (Wildman–Crippen LogP) is -0.885. The van der Waals surface area contributed by atoms with Crippen LogP contribution in [0.15, 0.2) is 4.99 Å². The SMILES string of the molecule is CC(C)(C1=NC(=O)CC(=O)N1)N1CCNCC1. The Morgan fingerprint density at radius 2 is 1.88 bits per heavy atom. The fourth-order valence-corrected chi connectivity index (χ4v) is 2.17. The standard InChI is InChI=1S/C11H18N4O2/c1-11(2,15-5-3-12-4-6-15)10-13-8(16)7-9(17)14-10/h12H,3-7H2,1-2H3,(H,13,14,16,17). The first kappa shape index (κ1) is 12.2. The molecule has 1 saturated heterocycles. The van der Waals surface area contributed by atoms with Crippen molar-refractivity contribution in [2.24, 2.45) is 4.99 Å². The number of amides is 2. The van der Waals surface area contributed by atoms with Crippen LogP contribution in [0.2, 0.25) is 0 Å². The molecule has 17 heavy (non-hydrogen) atoms. The maximum atomic E-state index is 11.4. The van der Waals surface area contributed by atoms with Crippen molar-refractivity contribution >= 4 is 17.6 Å². The molecule has 0 aliphatic carbocycles. The highest BCUT2D eigenvalue weighted by atomic mass is 16.2. The van der Waals surface area contributed by atoms with Crippen LogP contribution >= 0.6 is 0 Å². The van der Waals surface area contributed by atoms with Crippen molar-refractivity contribution in [3.8, 4) is 0 Å². The Morgan fingerprint density at radius 1 is 1.24 bits per heavy atom. The number of nitrogens with zero attached hydrogens (tertiary/aromatic N) is 2. The van der Waals surface area contributed by atoms with Gasteiger partial charge in [-0.2, -0.15) is 4.99 Å². The van der Waals surface area contributed by atoms with Crippen LogP contribution in [0.25, 0.3) is 0 Å². The smallest absolute Gasteiger partial charge is 0.256 e. The van der Waals surface area contributed by atoms with Gasteiger partial charge in [0.15, 0.2) is 0 Å². The number of carbonyl (C=O) groups is 2. The molecule has 0 bridgehead atoms. The van der Waals surface area contributed by atoms with Crippen LogP contribution in [0.1, 0.15) is 20.3 Å². The zero-order chi connectivity index (χ0) is 12.5. The summed E-state index contributed by atoms with van der Waals surface area (Å²) in [7, 11) is 0. The van der Waals surface area contributed by atoms with E-state index in [0.29, 0.717) is 5.84 Å². The molecule has 1 fully saturated rings. The molecular formula is C11H18N4O2. The van der Waals surface area contributed by atoms with Crippen molar-refractivity contribution in [2.75, 3.05) is 26.2 Å². The molecule has 2 amide bonds. The van der Waals surface area contributed by atoms with Crippen LogP contribution in [-0.4, -0.2) is 54.3 Å². The lowest BCUT2D eigenvalue weighted by Crippen LogP contribution is -2.61. The van der Waals surface area contributed by atoms with E-state index in [4.69, 9.17) is 0 Å². The third kappa shape index (κ3) is 2.53. The van der Waals surface area contributed by atoms with Crippen LogP contribution in [0, 0.1) is 0 Å². The van der Waals surface area contributed by atoms with Crippen molar-refractivity contribution in [3.63, 3.8) is 0 Å². The normalized spacial score (nSPS) is 23.3. The molecule has 0 saturated carbocycles. The molecule has 0 aromatic heterocycles. The molecule has 0 atom stereocenters. The lowest BCUT2D eigenvalue weighted by atomic mass is 9.98. The van der Waals surface area contributed by atoms with Gasteiger partial charge in [0, 0.05) is 26.2 Å². The number of hydrogen-bond donors (Lipinski definition) is 2. The van der Waals surface area contributed by atoms with E-state index in [1.807, 2.05) is 13.8 Å². The molecule has 2 N–H and O–H groups in total. The first-order valence-corrected chi connectivity index (χ1v) is 5.88. The van der Waals surface area contributed by atoms with Gasteiger partial charge in [-0.1, -0.05) is 0 Å². The summed E-state index contributed by atoms with van der Waals surface area (Å²) in [4.78, 5) is 28.9. The Morgan fingerprint density at radius 3 is 2.47 bits per heavy atom. The van der Waals surface area contributed by atoms with Gasteiger partial charge in [-0.25, -0.2) is 0 Å². The Kier molecular flexibility index (Phi) is 3.26. The summed E-state index contributed by atoms with van der Waals surface area (Å²) in [6, 6.07) is 0. The maximum Gasteiger partial charge on any atom is 0.256 e. The van der Waals surface area contributed by atoms with E-state index in [1.165, 1.54) is 0 Å². The third-order valence-electron chi connectivity index (χ3n) is 3.29. The van der Waals surface area contributed by atoms with Crippen LogP contribution < -0.4 is 10.6 Å². The highest BCUT2D eigenvalue weighted by molar-refractivity contribution is 6.16. The fourth-order valence-electron chi connectivity index (χ4n) is 2.17. The number of rotatable bonds is 2. The Labute approximate surface area is 100 Å². The molecule has 6 heteroatoms. The van der Waals surface area contributed by atoms with Crippen LogP contribution in [0.3, 0.4) is 0 Å². The van der Waals surface area contributed by atoms with Gasteiger partial charge in [-0.3, -0.25) is 14.5 Å². The summed E-state index contributed by atoms with van der Waals surface area (Å²) in [6.45, 7) is 7.56.